The molecular formula is C17H24FN3. The molecule has 1 fully saturated rings. The zero-order valence-corrected chi connectivity index (χ0v) is 12.9. The summed E-state index contributed by atoms with van der Waals surface area (Å²) in [5.41, 5.74) is 8.06. The minimum atomic E-state index is -0.364. The molecule has 0 radical (unpaired) electrons. The minimum absolute atomic E-state index is 0.237. The van der Waals surface area contributed by atoms with Crippen molar-refractivity contribution >= 4 is 11.0 Å². The van der Waals surface area contributed by atoms with Crippen LogP contribution in [0.1, 0.15) is 51.8 Å². The molecule has 4 heteroatoms. The van der Waals surface area contributed by atoms with E-state index in [-0.39, 0.29) is 11.4 Å². The van der Waals surface area contributed by atoms with Crippen LogP contribution in [0.3, 0.4) is 0 Å². The number of fused-ring (bicyclic) bond motifs is 1. The Morgan fingerprint density at radius 1 is 1.38 bits per heavy atom. The summed E-state index contributed by atoms with van der Waals surface area (Å²) < 4.78 is 15.7. The van der Waals surface area contributed by atoms with Crippen molar-refractivity contribution in [2.24, 2.45) is 11.7 Å². The fourth-order valence-electron chi connectivity index (χ4n) is 3.43. The summed E-state index contributed by atoms with van der Waals surface area (Å²) in [6.45, 7) is 5.31. The zero-order chi connectivity index (χ0) is 15.0. The van der Waals surface area contributed by atoms with Crippen LogP contribution >= 0.6 is 0 Å². The molecule has 1 heterocycles. The highest BCUT2D eigenvalue weighted by atomic mass is 19.1. The van der Waals surface area contributed by atoms with E-state index in [4.69, 9.17) is 10.7 Å². The lowest BCUT2D eigenvalue weighted by Gasteiger charge is -2.35. The molecule has 2 N–H and O–H groups in total. The molecule has 0 bridgehead atoms. The van der Waals surface area contributed by atoms with Crippen LogP contribution in [0.5, 0.6) is 0 Å². The second-order valence-electron chi connectivity index (χ2n) is 6.56. The van der Waals surface area contributed by atoms with Crippen molar-refractivity contribution in [3.8, 4) is 0 Å². The topological polar surface area (TPSA) is 43.8 Å². The van der Waals surface area contributed by atoms with Gasteiger partial charge >= 0.3 is 0 Å². The molecule has 0 spiro atoms. The first kappa shape index (κ1) is 14.5. The highest BCUT2D eigenvalue weighted by molar-refractivity contribution is 5.76. The molecular weight excluding hydrogens is 265 g/mol. The molecule has 1 aliphatic carbocycles. The highest BCUT2D eigenvalue weighted by Crippen LogP contribution is 2.38. The standard InChI is InChI=1S/C17H24FN3/c1-3-10-21-15-5-4-13(18)11-14(15)20-16(21)17(19)8-6-12(2)7-9-17/h4-5,11-12H,3,6-10,19H2,1-2H3. The fraction of sp³-hybridized carbons (Fsp3) is 0.588. The van der Waals surface area contributed by atoms with Crippen LogP contribution in [-0.4, -0.2) is 9.55 Å². The van der Waals surface area contributed by atoms with Crippen molar-refractivity contribution < 1.29 is 4.39 Å². The van der Waals surface area contributed by atoms with Crippen LogP contribution in [-0.2, 0) is 12.1 Å². The van der Waals surface area contributed by atoms with Gasteiger partial charge in [-0.3, -0.25) is 0 Å². The Balaban J connectivity index is 2.10. The molecule has 1 aromatic heterocycles. The summed E-state index contributed by atoms with van der Waals surface area (Å²) in [5.74, 6) is 1.44. The number of halogens is 1. The molecule has 1 aliphatic rings. The van der Waals surface area contributed by atoms with Crippen molar-refractivity contribution in [3.63, 3.8) is 0 Å². The van der Waals surface area contributed by atoms with Crippen molar-refractivity contribution in [1.82, 2.24) is 9.55 Å². The Hall–Kier alpha value is -1.42. The van der Waals surface area contributed by atoms with Gasteiger partial charge in [0, 0.05) is 12.6 Å². The van der Waals surface area contributed by atoms with Gasteiger partial charge in [-0.2, -0.15) is 0 Å². The summed E-state index contributed by atoms with van der Waals surface area (Å²) in [4.78, 5) is 4.71. The van der Waals surface area contributed by atoms with E-state index in [1.54, 1.807) is 0 Å². The predicted octanol–water partition coefficient (Wildman–Crippen LogP) is 3.95. The lowest BCUT2D eigenvalue weighted by molar-refractivity contribution is 0.231. The van der Waals surface area contributed by atoms with Gasteiger partial charge in [-0.15, -0.1) is 0 Å². The SMILES string of the molecule is CCCn1c(C2(N)CCC(C)CC2)nc2cc(F)ccc21. The van der Waals surface area contributed by atoms with E-state index in [0.717, 1.165) is 61.4 Å². The first-order chi connectivity index (χ1) is 10.0. The molecule has 21 heavy (non-hydrogen) atoms. The van der Waals surface area contributed by atoms with Crippen molar-refractivity contribution in [2.45, 2.75) is 58.0 Å². The van der Waals surface area contributed by atoms with Crippen molar-refractivity contribution in [3.05, 3.63) is 29.8 Å². The average Bonchev–Trinajstić information content (AvgIpc) is 2.81. The molecule has 0 amide bonds. The van der Waals surface area contributed by atoms with E-state index in [9.17, 15) is 4.39 Å². The van der Waals surface area contributed by atoms with Gasteiger partial charge in [-0.1, -0.05) is 13.8 Å². The second-order valence-corrected chi connectivity index (χ2v) is 6.56. The number of benzene rings is 1. The largest absolute Gasteiger partial charge is 0.326 e. The number of nitrogens with two attached hydrogens (primary N) is 1. The number of aryl methyl sites for hydroxylation is 1. The van der Waals surface area contributed by atoms with E-state index in [1.165, 1.54) is 12.1 Å². The second kappa shape index (κ2) is 5.41. The lowest BCUT2D eigenvalue weighted by atomic mass is 9.77. The highest BCUT2D eigenvalue weighted by Gasteiger charge is 2.36. The van der Waals surface area contributed by atoms with Crippen LogP contribution in [0.25, 0.3) is 11.0 Å². The molecule has 3 rings (SSSR count). The number of rotatable bonds is 3. The first-order valence-corrected chi connectivity index (χ1v) is 7.98. The zero-order valence-electron chi connectivity index (χ0n) is 12.9. The predicted molar refractivity (Wildman–Crippen MR) is 83.5 cm³/mol. The Bertz CT molecular complexity index is 639. The van der Waals surface area contributed by atoms with E-state index in [1.807, 2.05) is 6.07 Å². The molecule has 2 aromatic rings. The van der Waals surface area contributed by atoms with Gasteiger partial charge < -0.3 is 10.3 Å². The molecule has 1 saturated carbocycles. The third-order valence-electron chi connectivity index (χ3n) is 4.77. The quantitative estimate of drug-likeness (QED) is 0.929. The number of hydrogen-bond donors (Lipinski definition) is 1. The third-order valence-corrected chi connectivity index (χ3v) is 4.77. The fourth-order valence-corrected chi connectivity index (χ4v) is 3.43. The Morgan fingerprint density at radius 2 is 2.10 bits per heavy atom. The Labute approximate surface area is 125 Å². The Morgan fingerprint density at radius 3 is 2.76 bits per heavy atom. The number of nitrogens with zero attached hydrogens (tertiary/aromatic N) is 2. The molecule has 0 unspecified atom stereocenters. The summed E-state index contributed by atoms with van der Waals surface area (Å²) in [6, 6.07) is 4.84. The normalized spacial score (nSPS) is 26.4. The summed E-state index contributed by atoms with van der Waals surface area (Å²) in [5, 5.41) is 0. The number of imidazole rings is 1. The van der Waals surface area contributed by atoms with E-state index in [2.05, 4.69) is 18.4 Å². The van der Waals surface area contributed by atoms with E-state index >= 15 is 0 Å². The maximum atomic E-state index is 13.5. The van der Waals surface area contributed by atoms with Gasteiger partial charge in [0.2, 0.25) is 0 Å². The van der Waals surface area contributed by atoms with Gasteiger partial charge in [-0.25, -0.2) is 9.37 Å². The van der Waals surface area contributed by atoms with Crippen LogP contribution in [0.15, 0.2) is 18.2 Å². The Kier molecular flexibility index (Phi) is 3.74. The van der Waals surface area contributed by atoms with Crippen molar-refractivity contribution in [2.75, 3.05) is 0 Å². The average molecular weight is 289 g/mol. The number of aromatic nitrogens is 2. The molecule has 114 valence electrons. The molecule has 1 aromatic carbocycles. The van der Waals surface area contributed by atoms with Gasteiger partial charge in [-0.05, 0) is 50.2 Å². The van der Waals surface area contributed by atoms with Gasteiger partial charge in [0.25, 0.3) is 0 Å². The molecule has 0 atom stereocenters. The maximum absolute atomic E-state index is 13.5. The summed E-state index contributed by atoms with van der Waals surface area (Å²) >= 11 is 0. The lowest BCUT2D eigenvalue weighted by Crippen LogP contribution is -2.42. The van der Waals surface area contributed by atoms with E-state index in [0.29, 0.717) is 0 Å². The van der Waals surface area contributed by atoms with Crippen LogP contribution in [0, 0.1) is 11.7 Å². The number of hydrogen-bond acceptors (Lipinski definition) is 2. The maximum Gasteiger partial charge on any atom is 0.130 e. The van der Waals surface area contributed by atoms with Crippen LogP contribution < -0.4 is 5.73 Å². The van der Waals surface area contributed by atoms with Gasteiger partial charge in [0.15, 0.2) is 0 Å². The molecule has 0 aliphatic heterocycles. The van der Waals surface area contributed by atoms with Gasteiger partial charge in [0.05, 0.1) is 16.6 Å². The first-order valence-electron chi connectivity index (χ1n) is 7.98. The van der Waals surface area contributed by atoms with Crippen molar-refractivity contribution in [1.29, 1.82) is 0 Å². The van der Waals surface area contributed by atoms with E-state index < -0.39 is 0 Å². The van der Waals surface area contributed by atoms with Crippen LogP contribution in [0.4, 0.5) is 4.39 Å². The molecule has 3 nitrogen and oxygen atoms in total. The smallest absolute Gasteiger partial charge is 0.130 e. The van der Waals surface area contributed by atoms with Gasteiger partial charge in [0.1, 0.15) is 11.6 Å². The van der Waals surface area contributed by atoms with Crippen LogP contribution in [0.2, 0.25) is 0 Å². The summed E-state index contributed by atoms with van der Waals surface area (Å²) in [7, 11) is 0. The minimum Gasteiger partial charge on any atom is -0.326 e. The molecule has 0 saturated heterocycles. The monoisotopic (exact) mass is 289 g/mol. The summed E-state index contributed by atoms with van der Waals surface area (Å²) in [6.07, 6.45) is 5.22. The third kappa shape index (κ3) is 2.57.